The summed E-state index contributed by atoms with van der Waals surface area (Å²) in [7, 11) is 0. The highest BCUT2D eigenvalue weighted by atomic mass is 14.6. The molecule has 1 aliphatic rings. The lowest BCUT2D eigenvalue weighted by Gasteiger charge is -2.22. The summed E-state index contributed by atoms with van der Waals surface area (Å²) in [5.74, 6) is 1.93. The molecule has 0 saturated heterocycles. The maximum atomic E-state index is 5.76. The van der Waals surface area contributed by atoms with Gasteiger partial charge in [-0.25, -0.2) is 0 Å². The normalized spacial score (nSPS) is 27.4. The van der Waals surface area contributed by atoms with Crippen molar-refractivity contribution in [3.05, 3.63) is 29.6 Å². The van der Waals surface area contributed by atoms with Crippen molar-refractivity contribution in [2.75, 3.05) is 6.54 Å². The van der Waals surface area contributed by atoms with E-state index < -0.39 is 0 Å². The van der Waals surface area contributed by atoms with Crippen LogP contribution in [0.25, 0.3) is 0 Å². The van der Waals surface area contributed by atoms with Crippen LogP contribution in [0.15, 0.2) is 18.5 Å². The van der Waals surface area contributed by atoms with E-state index in [1.165, 1.54) is 11.1 Å². The molecule has 3 atom stereocenters. The van der Waals surface area contributed by atoms with Crippen LogP contribution in [0.3, 0.4) is 0 Å². The lowest BCUT2D eigenvalue weighted by Crippen LogP contribution is -2.21. The zero-order valence-corrected chi connectivity index (χ0v) is 8.90. The third kappa shape index (κ3) is 1.44. The summed E-state index contributed by atoms with van der Waals surface area (Å²) in [4.78, 5) is 4.18. The molecule has 0 bridgehead atoms. The first-order valence-corrected chi connectivity index (χ1v) is 5.37. The monoisotopic (exact) mass is 190 g/mol. The number of hydrogen-bond acceptors (Lipinski definition) is 2. The summed E-state index contributed by atoms with van der Waals surface area (Å²) in [5, 5.41) is 0. The molecular formula is C12H18N2. The lowest BCUT2D eigenvalue weighted by atomic mass is 9.83. The number of nitrogens with zero attached hydrogens (tertiary/aromatic N) is 1. The van der Waals surface area contributed by atoms with Crippen molar-refractivity contribution < 1.29 is 0 Å². The fraction of sp³-hybridized carbons (Fsp3) is 0.583. The first-order valence-electron chi connectivity index (χ1n) is 5.37. The predicted molar refractivity (Wildman–Crippen MR) is 58.1 cm³/mol. The molecule has 0 aliphatic heterocycles. The smallest absolute Gasteiger partial charge is 0.0302 e. The van der Waals surface area contributed by atoms with Gasteiger partial charge in [-0.3, -0.25) is 4.98 Å². The largest absolute Gasteiger partial charge is 0.330 e. The molecule has 0 radical (unpaired) electrons. The van der Waals surface area contributed by atoms with E-state index in [-0.39, 0.29) is 0 Å². The molecule has 0 fully saturated rings. The van der Waals surface area contributed by atoms with Crippen molar-refractivity contribution >= 4 is 0 Å². The second-order valence-electron chi connectivity index (χ2n) is 4.49. The summed E-state index contributed by atoms with van der Waals surface area (Å²) in [6.45, 7) is 5.34. The van der Waals surface area contributed by atoms with E-state index >= 15 is 0 Å². The number of pyridine rings is 1. The summed E-state index contributed by atoms with van der Waals surface area (Å²) in [5.41, 5.74) is 8.65. The van der Waals surface area contributed by atoms with E-state index in [1.54, 1.807) is 0 Å². The predicted octanol–water partition coefficient (Wildman–Crippen LogP) is 1.95. The Hall–Kier alpha value is -0.890. The van der Waals surface area contributed by atoms with Gasteiger partial charge in [0.05, 0.1) is 0 Å². The van der Waals surface area contributed by atoms with Crippen molar-refractivity contribution in [2.24, 2.45) is 17.6 Å². The van der Waals surface area contributed by atoms with E-state index in [1.807, 2.05) is 12.4 Å². The van der Waals surface area contributed by atoms with Crippen LogP contribution in [-0.2, 0) is 6.42 Å². The number of fused-ring (bicyclic) bond motifs is 1. The first kappa shape index (κ1) is 9.66. The van der Waals surface area contributed by atoms with Gasteiger partial charge in [-0.1, -0.05) is 13.8 Å². The van der Waals surface area contributed by atoms with Crippen LogP contribution in [0.1, 0.15) is 30.9 Å². The van der Waals surface area contributed by atoms with E-state index in [9.17, 15) is 0 Å². The van der Waals surface area contributed by atoms with Crippen molar-refractivity contribution in [2.45, 2.75) is 26.2 Å². The molecule has 1 heterocycles. The third-order valence-corrected chi connectivity index (χ3v) is 3.44. The molecule has 14 heavy (non-hydrogen) atoms. The average Bonchev–Trinajstić information content (AvgIpc) is 2.53. The van der Waals surface area contributed by atoms with Gasteiger partial charge in [-0.05, 0) is 47.9 Å². The zero-order chi connectivity index (χ0) is 10.1. The zero-order valence-electron chi connectivity index (χ0n) is 8.90. The molecule has 1 aliphatic carbocycles. The molecule has 2 rings (SSSR count). The molecular weight excluding hydrogens is 172 g/mol. The second kappa shape index (κ2) is 3.70. The Bertz CT molecular complexity index is 318. The topological polar surface area (TPSA) is 38.9 Å². The van der Waals surface area contributed by atoms with Gasteiger partial charge in [0, 0.05) is 12.4 Å². The first-order chi connectivity index (χ1) is 6.74. The number of rotatable bonds is 2. The third-order valence-electron chi connectivity index (χ3n) is 3.44. The Morgan fingerprint density at radius 1 is 1.64 bits per heavy atom. The molecule has 0 spiro atoms. The van der Waals surface area contributed by atoms with Gasteiger partial charge >= 0.3 is 0 Å². The number of hydrogen-bond donors (Lipinski definition) is 1. The average molecular weight is 190 g/mol. The van der Waals surface area contributed by atoms with Gasteiger partial charge in [-0.15, -0.1) is 0 Å². The molecule has 2 heteroatoms. The molecule has 2 N–H and O–H groups in total. The molecule has 1 aromatic heterocycles. The lowest BCUT2D eigenvalue weighted by molar-refractivity contribution is 0.376. The van der Waals surface area contributed by atoms with Crippen LogP contribution in [0.5, 0.6) is 0 Å². The van der Waals surface area contributed by atoms with Crippen molar-refractivity contribution in [3.8, 4) is 0 Å². The van der Waals surface area contributed by atoms with Crippen molar-refractivity contribution in [1.29, 1.82) is 0 Å². The highest BCUT2D eigenvalue weighted by Crippen LogP contribution is 2.41. The van der Waals surface area contributed by atoms with E-state index in [0.29, 0.717) is 17.8 Å². The molecule has 1 aromatic rings. The Labute approximate surface area is 85.5 Å². The van der Waals surface area contributed by atoms with Gasteiger partial charge in [0.15, 0.2) is 0 Å². The van der Waals surface area contributed by atoms with Crippen LogP contribution in [0.4, 0.5) is 0 Å². The van der Waals surface area contributed by atoms with E-state index in [0.717, 1.165) is 13.0 Å². The minimum Gasteiger partial charge on any atom is -0.330 e. The molecule has 0 amide bonds. The van der Waals surface area contributed by atoms with Crippen molar-refractivity contribution in [3.63, 3.8) is 0 Å². The second-order valence-corrected chi connectivity index (χ2v) is 4.49. The maximum Gasteiger partial charge on any atom is 0.0302 e. The number of aromatic nitrogens is 1. The molecule has 2 nitrogen and oxygen atoms in total. The fourth-order valence-corrected chi connectivity index (χ4v) is 2.73. The highest BCUT2D eigenvalue weighted by Gasteiger charge is 2.32. The van der Waals surface area contributed by atoms with Gasteiger partial charge in [-0.2, -0.15) is 0 Å². The van der Waals surface area contributed by atoms with Gasteiger partial charge in [0.25, 0.3) is 0 Å². The van der Waals surface area contributed by atoms with Crippen LogP contribution < -0.4 is 5.73 Å². The minimum atomic E-state index is 0.577. The van der Waals surface area contributed by atoms with Crippen LogP contribution in [0, 0.1) is 11.8 Å². The van der Waals surface area contributed by atoms with Gasteiger partial charge < -0.3 is 5.73 Å². The Balaban J connectivity index is 2.34. The number of nitrogens with two attached hydrogens (primary N) is 1. The van der Waals surface area contributed by atoms with Crippen LogP contribution in [-0.4, -0.2) is 11.5 Å². The quantitative estimate of drug-likeness (QED) is 0.774. The summed E-state index contributed by atoms with van der Waals surface area (Å²) < 4.78 is 0. The standard InChI is InChI=1S/C12H18N2/c1-8-5-10-7-14-4-3-11(10)12(8)9(2)6-13/h3-4,7-9,12H,5-6,13H2,1-2H3. The molecule has 3 unspecified atom stereocenters. The Kier molecular flexibility index (Phi) is 2.55. The van der Waals surface area contributed by atoms with E-state index in [2.05, 4.69) is 24.9 Å². The van der Waals surface area contributed by atoms with Crippen LogP contribution >= 0.6 is 0 Å². The molecule has 76 valence electrons. The Morgan fingerprint density at radius 2 is 2.43 bits per heavy atom. The molecule has 0 aromatic carbocycles. The fourth-order valence-electron chi connectivity index (χ4n) is 2.73. The Morgan fingerprint density at radius 3 is 3.14 bits per heavy atom. The SMILES string of the molecule is CC(CN)C1c2ccncc2CC1C. The minimum absolute atomic E-state index is 0.577. The van der Waals surface area contributed by atoms with Crippen LogP contribution in [0.2, 0.25) is 0 Å². The summed E-state index contributed by atoms with van der Waals surface area (Å²) >= 11 is 0. The summed E-state index contributed by atoms with van der Waals surface area (Å²) in [6, 6.07) is 2.16. The van der Waals surface area contributed by atoms with Gasteiger partial charge in [0.2, 0.25) is 0 Å². The van der Waals surface area contributed by atoms with E-state index in [4.69, 9.17) is 5.73 Å². The molecule has 0 saturated carbocycles. The maximum absolute atomic E-state index is 5.76. The van der Waals surface area contributed by atoms with Gasteiger partial charge in [0.1, 0.15) is 0 Å². The van der Waals surface area contributed by atoms with Crippen molar-refractivity contribution in [1.82, 2.24) is 4.98 Å². The highest BCUT2D eigenvalue weighted by molar-refractivity contribution is 5.34. The summed E-state index contributed by atoms with van der Waals surface area (Å²) in [6.07, 6.45) is 5.07.